The lowest BCUT2D eigenvalue weighted by atomic mass is 10.2. The Morgan fingerprint density at radius 2 is 2.06 bits per heavy atom. The number of ether oxygens (including phenoxy) is 1. The average Bonchev–Trinajstić information content (AvgIpc) is 3.41. The number of rotatable bonds is 7. The van der Waals surface area contributed by atoms with Crippen molar-refractivity contribution in [1.29, 1.82) is 0 Å². The Balaban J connectivity index is 1.76. The van der Waals surface area contributed by atoms with Gasteiger partial charge in [-0.25, -0.2) is 9.78 Å². The van der Waals surface area contributed by atoms with Gasteiger partial charge in [-0.2, -0.15) is 0 Å². The molecule has 31 heavy (non-hydrogen) atoms. The molecule has 0 unspecified atom stereocenters. The van der Waals surface area contributed by atoms with Gasteiger partial charge in [0.25, 0.3) is 0 Å². The summed E-state index contributed by atoms with van der Waals surface area (Å²) >= 11 is 15.4. The number of thioether (sulfide) groups is 1. The maximum Gasteiger partial charge on any atom is 0.355 e. The molecule has 11 heteroatoms. The molecule has 158 valence electrons. The lowest BCUT2D eigenvalue weighted by Gasteiger charge is -2.12. The molecular weight excluding hydrogens is 479 g/mol. The predicted molar refractivity (Wildman–Crippen MR) is 122 cm³/mol. The van der Waals surface area contributed by atoms with Crippen LogP contribution < -0.4 is 4.74 Å². The van der Waals surface area contributed by atoms with Crippen LogP contribution >= 0.6 is 46.3 Å². The first-order valence-electron chi connectivity index (χ1n) is 8.82. The van der Waals surface area contributed by atoms with Gasteiger partial charge in [0.1, 0.15) is 10.8 Å². The van der Waals surface area contributed by atoms with Crippen molar-refractivity contribution in [3.05, 3.63) is 68.6 Å². The van der Waals surface area contributed by atoms with Gasteiger partial charge in [0.2, 0.25) is 0 Å². The fraction of sp³-hybridized carbons (Fsp3) is 0.100. The third-order valence-corrected chi connectivity index (χ3v) is 6.73. The first-order chi connectivity index (χ1) is 15.0. The molecule has 4 aromatic rings. The van der Waals surface area contributed by atoms with Gasteiger partial charge in [-0.05, 0) is 30.3 Å². The monoisotopic (exact) mass is 492 g/mol. The molecule has 2 heterocycles. The van der Waals surface area contributed by atoms with E-state index in [1.807, 2.05) is 28.8 Å². The number of carboxylic acids is 1. The van der Waals surface area contributed by atoms with Gasteiger partial charge in [-0.3, -0.25) is 4.57 Å². The van der Waals surface area contributed by atoms with Gasteiger partial charge < -0.3 is 9.84 Å². The summed E-state index contributed by atoms with van der Waals surface area (Å²) in [6.07, 6.45) is 0. The highest BCUT2D eigenvalue weighted by Gasteiger charge is 2.20. The summed E-state index contributed by atoms with van der Waals surface area (Å²) < 4.78 is 7.15. The smallest absolute Gasteiger partial charge is 0.355 e. The molecule has 4 rings (SSSR count). The Labute approximate surface area is 195 Å². The second-order valence-electron chi connectivity index (χ2n) is 6.19. The van der Waals surface area contributed by atoms with E-state index in [0.29, 0.717) is 43.2 Å². The quantitative estimate of drug-likeness (QED) is 0.331. The Bertz CT molecular complexity index is 1260. The molecule has 0 saturated carbocycles. The molecule has 2 aromatic heterocycles. The SMILES string of the molecule is COc1cccc(-c2nnc(SCc3nc(C(=O)O)cs3)n2-c2cc(Cl)ccc2Cl)c1. The molecule has 0 radical (unpaired) electrons. The molecular formula is C20H14Cl2N4O3S2. The molecule has 0 atom stereocenters. The van der Waals surface area contributed by atoms with Crippen LogP contribution in [0, 0.1) is 0 Å². The second-order valence-corrected chi connectivity index (χ2v) is 8.92. The Kier molecular flexibility index (Phi) is 6.47. The number of hydrogen-bond donors (Lipinski definition) is 1. The van der Waals surface area contributed by atoms with Crippen molar-refractivity contribution in [2.24, 2.45) is 0 Å². The Hall–Kier alpha value is -2.59. The largest absolute Gasteiger partial charge is 0.497 e. The number of thiazole rings is 1. The lowest BCUT2D eigenvalue weighted by molar-refractivity contribution is 0.0691. The van der Waals surface area contributed by atoms with Gasteiger partial charge in [-0.1, -0.05) is 47.1 Å². The van der Waals surface area contributed by atoms with E-state index in [-0.39, 0.29) is 5.69 Å². The second kappa shape index (κ2) is 9.27. The fourth-order valence-corrected chi connectivity index (χ4v) is 4.89. The van der Waals surface area contributed by atoms with E-state index >= 15 is 0 Å². The van der Waals surface area contributed by atoms with E-state index in [1.165, 1.54) is 28.5 Å². The Morgan fingerprint density at radius 3 is 2.81 bits per heavy atom. The van der Waals surface area contributed by atoms with Crippen molar-refractivity contribution in [2.75, 3.05) is 7.11 Å². The Morgan fingerprint density at radius 1 is 1.23 bits per heavy atom. The number of aromatic carboxylic acids is 1. The van der Waals surface area contributed by atoms with Gasteiger partial charge in [0.05, 0.1) is 23.6 Å². The van der Waals surface area contributed by atoms with Crippen LogP contribution in [0.25, 0.3) is 17.1 Å². The minimum Gasteiger partial charge on any atom is -0.497 e. The van der Waals surface area contributed by atoms with Crippen LogP contribution in [0.3, 0.4) is 0 Å². The highest BCUT2D eigenvalue weighted by atomic mass is 35.5. The van der Waals surface area contributed by atoms with Crippen LogP contribution in [0.15, 0.2) is 53.0 Å². The summed E-state index contributed by atoms with van der Waals surface area (Å²) in [6, 6.07) is 12.6. The van der Waals surface area contributed by atoms with Gasteiger partial charge in [0.15, 0.2) is 16.7 Å². The van der Waals surface area contributed by atoms with E-state index in [2.05, 4.69) is 15.2 Å². The van der Waals surface area contributed by atoms with Crippen molar-refractivity contribution >= 4 is 52.3 Å². The van der Waals surface area contributed by atoms with Gasteiger partial charge in [0, 0.05) is 16.0 Å². The number of hydrogen-bond acceptors (Lipinski definition) is 7. The number of nitrogens with zero attached hydrogens (tertiary/aromatic N) is 4. The minimum atomic E-state index is -1.05. The van der Waals surface area contributed by atoms with Gasteiger partial charge >= 0.3 is 5.97 Å². The third-order valence-electron chi connectivity index (χ3n) is 4.21. The van der Waals surface area contributed by atoms with E-state index in [9.17, 15) is 4.79 Å². The van der Waals surface area contributed by atoms with Crippen molar-refractivity contribution in [1.82, 2.24) is 19.7 Å². The molecule has 2 aromatic carbocycles. The molecule has 0 aliphatic carbocycles. The maximum absolute atomic E-state index is 11.1. The molecule has 0 spiro atoms. The van der Waals surface area contributed by atoms with Gasteiger partial charge in [-0.15, -0.1) is 21.5 Å². The van der Waals surface area contributed by atoms with Crippen LogP contribution in [0.5, 0.6) is 5.75 Å². The van der Waals surface area contributed by atoms with Crippen LogP contribution in [-0.2, 0) is 5.75 Å². The van der Waals surface area contributed by atoms with Crippen LogP contribution in [0.4, 0.5) is 0 Å². The molecule has 0 fully saturated rings. The zero-order chi connectivity index (χ0) is 22.0. The molecule has 1 N–H and O–H groups in total. The third kappa shape index (κ3) is 4.69. The first-order valence-corrected chi connectivity index (χ1v) is 11.4. The van der Waals surface area contributed by atoms with E-state index in [1.54, 1.807) is 25.3 Å². The maximum atomic E-state index is 11.1. The summed E-state index contributed by atoms with van der Waals surface area (Å²) in [5.41, 5.74) is 1.44. The van der Waals surface area contributed by atoms with Crippen LogP contribution in [0.2, 0.25) is 10.0 Å². The molecule has 0 aliphatic heterocycles. The first kappa shape index (κ1) is 21.6. The van der Waals surface area contributed by atoms with E-state index in [0.717, 1.165) is 5.56 Å². The summed E-state index contributed by atoms with van der Waals surface area (Å²) in [5.74, 6) is 0.617. The summed E-state index contributed by atoms with van der Waals surface area (Å²) in [6.45, 7) is 0. The highest BCUT2D eigenvalue weighted by molar-refractivity contribution is 7.98. The normalized spacial score (nSPS) is 10.9. The molecule has 0 amide bonds. The zero-order valence-corrected chi connectivity index (χ0v) is 19.1. The number of benzene rings is 2. The van der Waals surface area contributed by atoms with E-state index in [4.69, 9.17) is 33.0 Å². The number of halogens is 2. The molecule has 0 saturated heterocycles. The predicted octanol–water partition coefficient (Wildman–Crippen LogP) is 5.70. The average molecular weight is 493 g/mol. The van der Waals surface area contributed by atoms with Crippen molar-refractivity contribution in [2.45, 2.75) is 10.9 Å². The zero-order valence-electron chi connectivity index (χ0n) is 16.0. The van der Waals surface area contributed by atoms with Crippen molar-refractivity contribution in [3.8, 4) is 22.8 Å². The fourth-order valence-electron chi connectivity index (χ4n) is 2.79. The summed E-state index contributed by atoms with van der Waals surface area (Å²) in [4.78, 5) is 15.2. The summed E-state index contributed by atoms with van der Waals surface area (Å²) in [7, 11) is 1.60. The summed E-state index contributed by atoms with van der Waals surface area (Å²) in [5, 5.41) is 21.5. The number of methoxy groups -OCH3 is 1. The van der Waals surface area contributed by atoms with Crippen molar-refractivity contribution < 1.29 is 14.6 Å². The minimum absolute atomic E-state index is 0.0250. The number of aromatic nitrogens is 4. The molecule has 0 bridgehead atoms. The standard InChI is InChI=1S/C20H14Cl2N4O3S2/c1-29-13-4-2-3-11(7-13)18-24-25-20(26(18)16-8-12(21)5-6-14(16)22)31-10-17-23-15(9-30-17)19(27)28/h2-9H,10H2,1H3,(H,27,28). The topological polar surface area (TPSA) is 90.1 Å². The lowest BCUT2D eigenvalue weighted by Crippen LogP contribution is -2.01. The van der Waals surface area contributed by atoms with Crippen LogP contribution in [0.1, 0.15) is 15.5 Å². The number of carboxylic acid groups (broad SMARTS) is 1. The van der Waals surface area contributed by atoms with Crippen LogP contribution in [-0.4, -0.2) is 37.9 Å². The number of carbonyl (C=O) groups is 1. The molecule has 0 aliphatic rings. The molecule has 7 nitrogen and oxygen atoms in total. The van der Waals surface area contributed by atoms with E-state index < -0.39 is 5.97 Å². The highest BCUT2D eigenvalue weighted by Crippen LogP contribution is 2.35. The van der Waals surface area contributed by atoms with Crippen molar-refractivity contribution in [3.63, 3.8) is 0 Å².